The summed E-state index contributed by atoms with van der Waals surface area (Å²) in [5.41, 5.74) is 0. The van der Waals surface area contributed by atoms with E-state index in [1.165, 1.54) is 70.6 Å². The molecular formula is C17H31N. The minimum atomic E-state index is 0.896. The van der Waals surface area contributed by atoms with Crippen LogP contribution in [0.3, 0.4) is 0 Å². The molecule has 0 aromatic heterocycles. The van der Waals surface area contributed by atoms with Crippen LogP contribution in [-0.4, -0.2) is 23.0 Å². The topological polar surface area (TPSA) is 3.24 Å². The Hall–Kier alpha value is -0.300. The second-order valence-electron chi connectivity index (χ2n) is 6.28. The summed E-state index contributed by atoms with van der Waals surface area (Å²) in [6.45, 7) is 6.18. The molecule has 3 atom stereocenters. The quantitative estimate of drug-likeness (QED) is 0.457. The van der Waals surface area contributed by atoms with Crippen LogP contribution < -0.4 is 0 Å². The van der Waals surface area contributed by atoms with Crippen LogP contribution in [-0.2, 0) is 0 Å². The minimum absolute atomic E-state index is 0.896. The Bertz CT molecular complexity index is 248. The number of allylic oxidation sites excluding steroid dienone is 1. The molecule has 0 aromatic rings. The lowest BCUT2D eigenvalue weighted by atomic mass is 9.92. The van der Waals surface area contributed by atoms with Crippen LogP contribution in [0.4, 0.5) is 0 Å². The Balaban J connectivity index is 1.89. The molecule has 2 saturated heterocycles. The normalized spacial score (nSPS) is 32.4. The summed E-state index contributed by atoms with van der Waals surface area (Å²) in [6, 6.07) is 2.76. The fourth-order valence-corrected chi connectivity index (χ4v) is 4.13. The number of nitrogens with zero attached hydrogens (tertiary/aromatic N) is 1. The number of hydrogen-bond donors (Lipinski definition) is 0. The third-order valence-electron chi connectivity index (χ3n) is 5.01. The molecule has 0 N–H and O–H groups in total. The maximum Gasteiger partial charge on any atom is 0.0102 e. The molecule has 0 saturated carbocycles. The molecule has 2 rings (SSSR count). The van der Waals surface area contributed by atoms with Crippen molar-refractivity contribution in [2.75, 3.05) is 0 Å². The van der Waals surface area contributed by atoms with Gasteiger partial charge in [-0.1, -0.05) is 32.3 Å². The molecule has 2 aliphatic heterocycles. The van der Waals surface area contributed by atoms with Gasteiger partial charge in [-0.3, -0.25) is 4.90 Å². The molecule has 18 heavy (non-hydrogen) atoms. The van der Waals surface area contributed by atoms with Crippen LogP contribution in [0.5, 0.6) is 0 Å². The van der Waals surface area contributed by atoms with E-state index in [4.69, 9.17) is 0 Å². The Morgan fingerprint density at radius 1 is 1.06 bits per heavy atom. The van der Waals surface area contributed by atoms with Crippen molar-refractivity contribution in [2.24, 2.45) is 0 Å². The molecule has 3 unspecified atom stereocenters. The van der Waals surface area contributed by atoms with Crippen LogP contribution in [0.2, 0.25) is 0 Å². The van der Waals surface area contributed by atoms with Gasteiger partial charge in [-0.15, -0.1) is 6.58 Å². The summed E-state index contributed by atoms with van der Waals surface area (Å²) >= 11 is 0. The van der Waals surface area contributed by atoms with Gasteiger partial charge in [-0.25, -0.2) is 0 Å². The summed E-state index contributed by atoms with van der Waals surface area (Å²) < 4.78 is 0. The predicted molar refractivity (Wildman–Crippen MR) is 79.9 cm³/mol. The molecular weight excluding hydrogens is 218 g/mol. The molecule has 0 aliphatic carbocycles. The average Bonchev–Trinajstić information content (AvgIpc) is 2.81. The van der Waals surface area contributed by atoms with Gasteiger partial charge < -0.3 is 0 Å². The van der Waals surface area contributed by atoms with E-state index in [9.17, 15) is 0 Å². The van der Waals surface area contributed by atoms with Crippen LogP contribution >= 0.6 is 0 Å². The van der Waals surface area contributed by atoms with Crippen molar-refractivity contribution in [3.8, 4) is 0 Å². The first-order chi connectivity index (χ1) is 8.86. The van der Waals surface area contributed by atoms with Crippen LogP contribution in [0, 0.1) is 0 Å². The van der Waals surface area contributed by atoms with Gasteiger partial charge >= 0.3 is 0 Å². The van der Waals surface area contributed by atoms with Crippen molar-refractivity contribution in [1.29, 1.82) is 0 Å². The van der Waals surface area contributed by atoms with E-state index in [-0.39, 0.29) is 0 Å². The molecule has 0 amide bonds. The highest BCUT2D eigenvalue weighted by Gasteiger charge is 2.39. The van der Waals surface area contributed by atoms with Crippen molar-refractivity contribution in [3.63, 3.8) is 0 Å². The Morgan fingerprint density at radius 3 is 2.61 bits per heavy atom. The lowest BCUT2D eigenvalue weighted by Gasteiger charge is -2.41. The third-order valence-corrected chi connectivity index (χ3v) is 5.01. The molecule has 0 spiro atoms. The number of hydrogen-bond acceptors (Lipinski definition) is 1. The van der Waals surface area contributed by atoms with Crippen molar-refractivity contribution >= 4 is 0 Å². The van der Waals surface area contributed by atoms with Gasteiger partial charge in [0.05, 0.1) is 0 Å². The fourth-order valence-electron chi connectivity index (χ4n) is 4.13. The lowest BCUT2D eigenvalue weighted by Crippen LogP contribution is -2.47. The van der Waals surface area contributed by atoms with Gasteiger partial charge in [0, 0.05) is 18.1 Å². The van der Waals surface area contributed by atoms with Gasteiger partial charge in [0.2, 0.25) is 0 Å². The van der Waals surface area contributed by atoms with Crippen molar-refractivity contribution in [2.45, 2.75) is 95.7 Å². The summed E-state index contributed by atoms with van der Waals surface area (Å²) in [5.74, 6) is 0. The Labute approximate surface area is 114 Å². The molecule has 0 aromatic carbocycles. The van der Waals surface area contributed by atoms with Gasteiger partial charge in [0.1, 0.15) is 0 Å². The van der Waals surface area contributed by atoms with Crippen molar-refractivity contribution in [3.05, 3.63) is 12.7 Å². The number of rotatable bonds is 7. The van der Waals surface area contributed by atoms with E-state index in [1.807, 2.05) is 0 Å². The summed E-state index contributed by atoms with van der Waals surface area (Å²) in [7, 11) is 0. The first-order valence-electron chi connectivity index (χ1n) is 8.25. The molecule has 2 fully saturated rings. The zero-order valence-electron chi connectivity index (χ0n) is 12.2. The van der Waals surface area contributed by atoms with E-state index in [1.54, 1.807) is 0 Å². The smallest absolute Gasteiger partial charge is 0.0102 e. The molecule has 2 aliphatic rings. The maximum absolute atomic E-state index is 3.85. The number of fused-ring (bicyclic) bond motifs is 1. The van der Waals surface area contributed by atoms with Gasteiger partial charge in [-0.2, -0.15) is 0 Å². The van der Waals surface area contributed by atoms with E-state index >= 15 is 0 Å². The minimum Gasteiger partial charge on any atom is -0.294 e. The highest BCUT2D eigenvalue weighted by molar-refractivity contribution is 4.95. The summed E-state index contributed by atoms with van der Waals surface area (Å²) in [6.07, 6.45) is 17.6. The zero-order valence-corrected chi connectivity index (χ0v) is 12.2. The maximum atomic E-state index is 3.85. The largest absolute Gasteiger partial charge is 0.294 e. The molecule has 0 bridgehead atoms. The molecule has 0 radical (unpaired) electrons. The average molecular weight is 249 g/mol. The van der Waals surface area contributed by atoms with Gasteiger partial charge in [-0.05, 0) is 51.4 Å². The van der Waals surface area contributed by atoms with E-state index in [2.05, 4.69) is 24.5 Å². The predicted octanol–water partition coefficient (Wildman–Crippen LogP) is 4.92. The second kappa shape index (κ2) is 7.33. The Morgan fingerprint density at radius 2 is 1.83 bits per heavy atom. The summed E-state index contributed by atoms with van der Waals surface area (Å²) in [4.78, 5) is 2.95. The number of piperidine rings is 1. The number of unbranched alkanes of at least 4 members (excludes halogenated alkanes) is 2. The highest BCUT2D eigenvalue weighted by atomic mass is 15.2. The molecule has 1 heteroatoms. The van der Waals surface area contributed by atoms with Crippen LogP contribution in [0.15, 0.2) is 12.7 Å². The molecule has 1 nitrogen and oxygen atoms in total. The monoisotopic (exact) mass is 249 g/mol. The van der Waals surface area contributed by atoms with Crippen LogP contribution in [0.25, 0.3) is 0 Å². The van der Waals surface area contributed by atoms with Gasteiger partial charge in [0.15, 0.2) is 0 Å². The van der Waals surface area contributed by atoms with E-state index < -0.39 is 0 Å². The first kappa shape index (κ1) is 14.1. The van der Waals surface area contributed by atoms with E-state index in [0.29, 0.717) is 0 Å². The fraction of sp³-hybridized carbons (Fsp3) is 0.882. The first-order valence-corrected chi connectivity index (χ1v) is 8.25. The standard InChI is InChI=1S/C17H31N/c1-3-5-7-10-15-11-8-12-17-14-13-16(18(15)17)9-6-4-2/h3,15-17H,1,4-14H2,2H3. The zero-order chi connectivity index (χ0) is 12.8. The van der Waals surface area contributed by atoms with Crippen molar-refractivity contribution in [1.82, 2.24) is 4.90 Å². The van der Waals surface area contributed by atoms with Gasteiger partial charge in [0.25, 0.3) is 0 Å². The summed E-state index contributed by atoms with van der Waals surface area (Å²) in [5, 5.41) is 0. The Kier molecular flexibility index (Phi) is 5.75. The molecule has 104 valence electrons. The van der Waals surface area contributed by atoms with E-state index in [0.717, 1.165) is 18.1 Å². The SMILES string of the molecule is C=CCCCC1CCCC2CCC(CCCC)N12. The van der Waals surface area contributed by atoms with Crippen molar-refractivity contribution < 1.29 is 0 Å². The lowest BCUT2D eigenvalue weighted by molar-refractivity contribution is 0.0709. The second-order valence-corrected chi connectivity index (χ2v) is 6.28. The molecule has 2 heterocycles. The third kappa shape index (κ3) is 3.38. The van der Waals surface area contributed by atoms with Crippen LogP contribution in [0.1, 0.15) is 77.6 Å². The highest BCUT2D eigenvalue weighted by Crippen LogP contribution is 2.38.